The molecule has 1 atom stereocenters. The van der Waals surface area contributed by atoms with Crippen molar-refractivity contribution < 1.29 is 0 Å². The number of hydrogen-bond donors (Lipinski definition) is 1. The van der Waals surface area contributed by atoms with Gasteiger partial charge in [-0.3, -0.25) is 0 Å². The van der Waals surface area contributed by atoms with Crippen LogP contribution in [-0.2, 0) is 0 Å². The lowest BCUT2D eigenvalue weighted by molar-refractivity contribution is 0.227. The molecule has 1 heterocycles. The summed E-state index contributed by atoms with van der Waals surface area (Å²) < 4.78 is 0. The Hall–Kier alpha value is -0.280. The van der Waals surface area contributed by atoms with E-state index in [0.717, 1.165) is 28.7 Å². The standard InChI is InChI=1S/C15H22Cl2N2/c1-12(14-11-13(16)5-6-15(14)17)18-7-10-19-8-3-2-4-9-19/h5-6,11-12,18H,2-4,7-10H2,1H3. The summed E-state index contributed by atoms with van der Waals surface area (Å²) in [5.74, 6) is 0. The van der Waals surface area contributed by atoms with Crippen molar-refractivity contribution in [3.8, 4) is 0 Å². The monoisotopic (exact) mass is 300 g/mol. The highest BCUT2D eigenvalue weighted by atomic mass is 35.5. The number of hydrogen-bond acceptors (Lipinski definition) is 2. The molecule has 1 N–H and O–H groups in total. The Kier molecular flexibility index (Phi) is 5.96. The Balaban J connectivity index is 1.80. The molecule has 0 aliphatic carbocycles. The molecule has 1 unspecified atom stereocenters. The van der Waals surface area contributed by atoms with E-state index in [1.54, 1.807) is 0 Å². The topological polar surface area (TPSA) is 15.3 Å². The predicted octanol–water partition coefficient (Wildman–Crippen LogP) is 4.13. The Labute approximate surface area is 126 Å². The van der Waals surface area contributed by atoms with Gasteiger partial charge in [0.1, 0.15) is 0 Å². The number of rotatable bonds is 5. The zero-order valence-corrected chi connectivity index (χ0v) is 13.0. The van der Waals surface area contributed by atoms with E-state index >= 15 is 0 Å². The van der Waals surface area contributed by atoms with E-state index in [4.69, 9.17) is 23.2 Å². The van der Waals surface area contributed by atoms with Crippen molar-refractivity contribution in [1.82, 2.24) is 10.2 Å². The van der Waals surface area contributed by atoms with Crippen LogP contribution in [0.1, 0.15) is 37.8 Å². The third kappa shape index (κ3) is 4.64. The summed E-state index contributed by atoms with van der Waals surface area (Å²) in [7, 11) is 0. The Morgan fingerprint density at radius 1 is 1.21 bits per heavy atom. The van der Waals surface area contributed by atoms with Crippen LogP contribution in [0.5, 0.6) is 0 Å². The van der Waals surface area contributed by atoms with E-state index < -0.39 is 0 Å². The highest BCUT2D eigenvalue weighted by molar-refractivity contribution is 6.33. The van der Waals surface area contributed by atoms with Crippen molar-refractivity contribution in [1.29, 1.82) is 0 Å². The van der Waals surface area contributed by atoms with Gasteiger partial charge in [0.15, 0.2) is 0 Å². The molecule has 0 spiro atoms. The van der Waals surface area contributed by atoms with Crippen molar-refractivity contribution in [2.75, 3.05) is 26.2 Å². The van der Waals surface area contributed by atoms with Gasteiger partial charge in [0, 0.05) is 29.2 Å². The molecule has 1 aromatic rings. The second-order valence-electron chi connectivity index (χ2n) is 5.24. The fourth-order valence-corrected chi connectivity index (χ4v) is 3.04. The zero-order valence-electron chi connectivity index (χ0n) is 11.5. The van der Waals surface area contributed by atoms with Crippen molar-refractivity contribution in [3.63, 3.8) is 0 Å². The van der Waals surface area contributed by atoms with Gasteiger partial charge < -0.3 is 10.2 Å². The maximum Gasteiger partial charge on any atom is 0.0454 e. The van der Waals surface area contributed by atoms with Crippen LogP contribution < -0.4 is 5.32 Å². The van der Waals surface area contributed by atoms with Crippen LogP contribution in [0.3, 0.4) is 0 Å². The van der Waals surface area contributed by atoms with Gasteiger partial charge in [-0.15, -0.1) is 0 Å². The fourth-order valence-electron chi connectivity index (χ4n) is 2.58. The minimum Gasteiger partial charge on any atom is -0.309 e. The predicted molar refractivity (Wildman–Crippen MR) is 83.2 cm³/mol. The first kappa shape index (κ1) is 15.1. The molecule has 1 aliphatic rings. The fraction of sp³-hybridized carbons (Fsp3) is 0.600. The molecule has 106 valence electrons. The molecule has 0 bridgehead atoms. The summed E-state index contributed by atoms with van der Waals surface area (Å²) in [4.78, 5) is 2.53. The molecular formula is C15H22Cl2N2. The van der Waals surface area contributed by atoms with Gasteiger partial charge in [-0.2, -0.15) is 0 Å². The summed E-state index contributed by atoms with van der Waals surface area (Å²) in [6, 6.07) is 5.87. The second-order valence-corrected chi connectivity index (χ2v) is 6.09. The molecule has 0 saturated carbocycles. The maximum absolute atomic E-state index is 6.21. The van der Waals surface area contributed by atoms with Crippen LogP contribution in [0, 0.1) is 0 Å². The van der Waals surface area contributed by atoms with Crippen molar-refractivity contribution in [2.24, 2.45) is 0 Å². The molecule has 1 fully saturated rings. The molecule has 2 nitrogen and oxygen atoms in total. The summed E-state index contributed by atoms with van der Waals surface area (Å²) in [6.07, 6.45) is 4.07. The van der Waals surface area contributed by atoms with Crippen LogP contribution in [-0.4, -0.2) is 31.1 Å². The smallest absolute Gasteiger partial charge is 0.0454 e. The quantitative estimate of drug-likeness (QED) is 0.879. The van der Waals surface area contributed by atoms with Gasteiger partial charge in [0.05, 0.1) is 0 Å². The van der Waals surface area contributed by atoms with Crippen LogP contribution >= 0.6 is 23.2 Å². The number of likely N-dealkylation sites (tertiary alicyclic amines) is 1. The van der Waals surface area contributed by atoms with Gasteiger partial charge in [-0.25, -0.2) is 0 Å². The molecule has 4 heteroatoms. The van der Waals surface area contributed by atoms with Gasteiger partial charge in [0.25, 0.3) is 0 Å². The minimum atomic E-state index is 0.232. The average molecular weight is 301 g/mol. The largest absolute Gasteiger partial charge is 0.309 e. The number of nitrogens with zero attached hydrogens (tertiary/aromatic N) is 1. The van der Waals surface area contributed by atoms with Gasteiger partial charge in [0.2, 0.25) is 0 Å². The van der Waals surface area contributed by atoms with Crippen LogP contribution in [0.25, 0.3) is 0 Å². The van der Waals surface area contributed by atoms with Crippen LogP contribution in [0.15, 0.2) is 18.2 Å². The normalized spacial score (nSPS) is 18.5. The number of benzene rings is 1. The zero-order chi connectivity index (χ0) is 13.7. The van der Waals surface area contributed by atoms with Gasteiger partial charge in [-0.1, -0.05) is 29.6 Å². The molecule has 0 radical (unpaired) electrons. The summed E-state index contributed by atoms with van der Waals surface area (Å²) in [5.41, 5.74) is 1.08. The SMILES string of the molecule is CC(NCCN1CCCCC1)c1cc(Cl)ccc1Cl. The van der Waals surface area contributed by atoms with Gasteiger partial charge in [-0.05, 0) is 56.6 Å². The van der Waals surface area contributed by atoms with E-state index in [2.05, 4.69) is 17.1 Å². The highest BCUT2D eigenvalue weighted by Crippen LogP contribution is 2.26. The lowest BCUT2D eigenvalue weighted by Gasteiger charge is -2.27. The van der Waals surface area contributed by atoms with Crippen LogP contribution in [0.2, 0.25) is 10.0 Å². The third-order valence-corrected chi connectivity index (χ3v) is 4.33. The van der Waals surface area contributed by atoms with E-state index in [0.29, 0.717) is 0 Å². The molecule has 1 saturated heterocycles. The highest BCUT2D eigenvalue weighted by Gasteiger charge is 2.12. The first-order valence-corrected chi connectivity index (χ1v) is 7.83. The Morgan fingerprint density at radius 2 is 1.95 bits per heavy atom. The third-order valence-electron chi connectivity index (χ3n) is 3.75. The molecule has 1 aromatic carbocycles. The first-order chi connectivity index (χ1) is 9.16. The second kappa shape index (κ2) is 7.49. The molecular weight excluding hydrogens is 279 g/mol. The van der Waals surface area contributed by atoms with E-state index in [9.17, 15) is 0 Å². The van der Waals surface area contributed by atoms with Gasteiger partial charge >= 0.3 is 0 Å². The molecule has 0 aromatic heterocycles. The molecule has 19 heavy (non-hydrogen) atoms. The van der Waals surface area contributed by atoms with E-state index in [-0.39, 0.29) is 6.04 Å². The summed E-state index contributed by atoms with van der Waals surface area (Å²) in [6.45, 7) is 6.72. The number of halogens is 2. The Morgan fingerprint density at radius 3 is 2.68 bits per heavy atom. The van der Waals surface area contributed by atoms with Crippen molar-refractivity contribution in [2.45, 2.75) is 32.2 Å². The van der Waals surface area contributed by atoms with Crippen molar-refractivity contribution >= 4 is 23.2 Å². The minimum absolute atomic E-state index is 0.232. The first-order valence-electron chi connectivity index (χ1n) is 7.07. The molecule has 0 amide bonds. The van der Waals surface area contributed by atoms with Crippen LogP contribution in [0.4, 0.5) is 0 Å². The molecule has 2 rings (SSSR count). The molecule has 1 aliphatic heterocycles. The average Bonchev–Trinajstić information content (AvgIpc) is 2.42. The number of nitrogens with one attached hydrogen (secondary N) is 1. The lowest BCUT2D eigenvalue weighted by Crippen LogP contribution is -2.36. The lowest BCUT2D eigenvalue weighted by atomic mass is 10.1. The Bertz CT molecular complexity index is 403. The summed E-state index contributed by atoms with van der Waals surface area (Å²) >= 11 is 12.2. The van der Waals surface area contributed by atoms with E-state index in [1.807, 2.05) is 18.2 Å². The number of piperidine rings is 1. The van der Waals surface area contributed by atoms with Crippen molar-refractivity contribution in [3.05, 3.63) is 33.8 Å². The maximum atomic E-state index is 6.21. The van der Waals surface area contributed by atoms with E-state index in [1.165, 1.54) is 32.4 Å². The summed E-state index contributed by atoms with van der Waals surface area (Å²) in [5, 5.41) is 5.05.